The summed E-state index contributed by atoms with van der Waals surface area (Å²) in [6.45, 7) is 1.93. The largest absolute Gasteiger partial charge is 0.397 e. The minimum absolute atomic E-state index is 0.250. The van der Waals surface area contributed by atoms with Crippen molar-refractivity contribution in [1.82, 2.24) is 0 Å². The van der Waals surface area contributed by atoms with Gasteiger partial charge < -0.3 is 5.11 Å². The van der Waals surface area contributed by atoms with Gasteiger partial charge in [-0.15, -0.1) is 0 Å². The van der Waals surface area contributed by atoms with Gasteiger partial charge in [-0.3, -0.25) is 4.79 Å². The highest BCUT2D eigenvalue weighted by molar-refractivity contribution is 5.78. The first kappa shape index (κ1) is 9.63. The molecule has 0 atom stereocenters. The van der Waals surface area contributed by atoms with Crippen molar-refractivity contribution in [2.45, 2.75) is 39.0 Å². The van der Waals surface area contributed by atoms with Crippen molar-refractivity contribution in [3.05, 3.63) is 0 Å². The average Bonchev–Trinajstić information content (AvgIpc) is 1.91. The van der Waals surface area contributed by atoms with E-state index in [0.717, 1.165) is 25.7 Å². The van der Waals surface area contributed by atoms with E-state index in [0.29, 0.717) is 5.78 Å². The summed E-state index contributed by atoms with van der Waals surface area (Å²) >= 11 is 0. The number of aliphatic hydroxyl groups excluding tert-OH is 1. The molecule has 2 heteroatoms. The first-order valence-electron chi connectivity index (χ1n) is 3.93. The second-order valence-corrected chi connectivity index (χ2v) is 2.42. The van der Waals surface area contributed by atoms with Crippen molar-refractivity contribution < 1.29 is 9.90 Å². The fourth-order valence-corrected chi connectivity index (χ4v) is 0.946. The van der Waals surface area contributed by atoms with Crippen molar-refractivity contribution in [2.24, 2.45) is 0 Å². The van der Waals surface area contributed by atoms with Crippen LogP contribution in [0.5, 0.6) is 0 Å². The van der Waals surface area contributed by atoms with Gasteiger partial charge in [0.05, 0.1) is 0 Å². The van der Waals surface area contributed by atoms with E-state index in [1.165, 1.54) is 6.42 Å². The van der Waals surface area contributed by atoms with Crippen LogP contribution in [0.25, 0.3) is 0 Å². The lowest BCUT2D eigenvalue weighted by Crippen LogP contribution is -2.02. The first-order valence-corrected chi connectivity index (χ1v) is 3.93. The molecule has 60 valence electrons. The molecular formula is C8H16O2. The summed E-state index contributed by atoms with van der Waals surface area (Å²) in [7, 11) is 0. The molecule has 0 aliphatic heterocycles. The number of ketones is 1. The minimum atomic E-state index is 0.250. The molecule has 0 spiro atoms. The van der Waals surface area contributed by atoms with E-state index in [9.17, 15) is 4.79 Å². The lowest BCUT2D eigenvalue weighted by Gasteiger charge is -2.05. The van der Waals surface area contributed by atoms with Gasteiger partial charge in [-0.25, -0.2) is 0 Å². The Hall–Kier alpha value is -0.370. The molecule has 1 aliphatic carbocycles. The van der Waals surface area contributed by atoms with Crippen LogP contribution in [0.4, 0.5) is 0 Å². The van der Waals surface area contributed by atoms with E-state index in [-0.39, 0.29) is 6.61 Å². The lowest BCUT2D eigenvalue weighted by molar-refractivity contribution is -0.120. The van der Waals surface area contributed by atoms with E-state index in [1.54, 1.807) is 6.92 Å². The zero-order valence-electron chi connectivity index (χ0n) is 6.60. The summed E-state index contributed by atoms with van der Waals surface area (Å²) in [6, 6.07) is 0. The second-order valence-electron chi connectivity index (χ2n) is 2.42. The highest BCUT2D eigenvalue weighted by atomic mass is 16.2. The van der Waals surface area contributed by atoms with Crippen molar-refractivity contribution in [1.29, 1.82) is 0 Å². The number of Topliss-reactive ketones (excluding diaryl/α,β-unsaturated/α-hetero) is 1. The molecule has 1 fully saturated rings. The van der Waals surface area contributed by atoms with Crippen LogP contribution in [0, 0.1) is 0 Å². The normalized spacial score (nSPS) is 17.6. The SMILES string of the molecule is CCO.O=C1CCCCC1. The average molecular weight is 144 g/mol. The monoisotopic (exact) mass is 144 g/mol. The fraction of sp³-hybridized carbons (Fsp3) is 0.875. The highest BCUT2D eigenvalue weighted by Crippen LogP contribution is 2.12. The Labute approximate surface area is 62.2 Å². The van der Waals surface area contributed by atoms with Crippen molar-refractivity contribution >= 4 is 5.78 Å². The zero-order valence-corrected chi connectivity index (χ0v) is 6.60. The van der Waals surface area contributed by atoms with Crippen LogP contribution in [0.15, 0.2) is 0 Å². The third-order valence-electron chi connectivity index (χ3n) is 1.41. The van der Waals surface area contributed by atoms with E-state index in [1.807, 2.05) is 0 Å². The van der Waals surface area contributed by atoms with Gasteiger partial charge in [-0.2, -0.15) is 0 Å². The number of hydrogen-bond donors (Lipinski definition) is 1. The predicted molar refractivity (Wildman–Crippen MR) is 40.9 cm³/mol. The third-order valence-corrected chi connectivity index (χ3v) is 1.41. The van der Waals surface area contributed by atoms with Crippen LogP contribution in [0.1, 0.15) is 39.0 Å². The smallest absolute Gasteiger partial charge is 0.132 e. The Balaban J connectivity index is 0.000000236. The Kier molecular flexibility index (Phi) is 6.50. The van der Waals surface area contributed by atoms with Gasteiger partial charge in [0.25, 0.3) is 0 Å². The molecule has 0 radical (unpaired) electrons. The summed E-state index contributed by atoms with van der Waals surface area (Å²) in [5.74, 6) is 0.464. The number of carbonyl (C=O) groups is 1. The maximum Gasteiger partial charge on any atom is 0.132 e. The van der Waals surface area contributed by atoms with E-state index >= 15 is 0 Å². The Morgan fingerprint density at radius 1 is 1.30 bits per heavy atom. The standard InChI is InChI=1S/C6H10O.C2H6O/c7-6-4-2-1-3-5-6;1-2-3/h1-5H2;3H,2H2,1H3. The summed E-state index contributed by atoms with van der Waals surface area (Å²) in [5, 5.41) is 7.57. The molecule has 1 aliphatic rings. The number of carbonyl (C=O) groups excluding carboxylic acids is 1. The predicted octanol–water partition coefficient (Wildman–Crippen LogP) is 1.52. The summed E-state index contributed by atoms with van der Waals surface area (Å²) < 4.78 is 0. The lowest BCUT2D eigenvalue weighted by atomic mass is 10.00. The molecule has 0 unspecified atom stereocenters. The van der Waals surface area contributed by atoms with Gasteiger partial charge in [0, 0.05) is 19.4 Å². The highest BCUT2D eigenvalue weighted by Gasteiger charge is 2.05. The molecule has 2 nitrogen and oxygen atoms in total. The number of aliphatic hydroxyl groups is 1. The summed E-state index contributed by atoms with van der Waals surface area (Å²) in [6.07, 6.45) is 5.24. The zero-order chi connectivity index (χ0) is 7.82. The van der Waals surface area contributed by atoms with Crippen LogP contribution in [0.3, 0.4) is 0 Å². The van der Waals surface area contributed by atoms with Crippen LogP contribution in [-0.4, -0.2) is 17.5 Å². The molecule has 0 heterocycles. The molecule has 0 amide bonds. The molecule has 0 aromatic carbocycles. The maximum absolute atomic E-state index is 10.5. The van der Waals surface area contributed by atoms with E-state index in [4.69, 9.17) is 5.11 Å². The molecule has 0 aromatic heterocycles. The molecular weight excluding hydrogens is 128 g/mol. The molecule has 1 saturated carbocycles. The molecule has 1 rings (SSSR count). The van der Waals surface area contributed by atoms with Gasteiger partial charge >= 0.3 is 0 Å². The number of rotatable bonds is 0. The van der Waals surface area contributed by atoms with E-state index < -0.39 is 0 Å². The van der Waals surface area contributed by atoms with Gasteiger partial charge in [-0.1, -0.05) is 6.42 Å². The van der Waals surface area contributed by atoms with Crippen molar-refractivity contribution in [2.75, 3.05) is 6.61 Å². The number of hydrogen-bond acceptors (Lipinski definition) is 2. The molecule has 0 aromatic rings. The quantitative estimate of drug-likeness (QED) is 0.559. The molecule has 1 N–H and O–H groups in total. The van der Waals surface area contributed by atoms with Gasteiger partial charge in [0.2, 0.25) is 0 Å². The van der Waals surface area contributed by atoms with Crippen molar-refractivity contribution in [3.8, 4) is 0 Å². The van der Waals surface area contributed by atoms with Crippen LogP contribution in [0.2, 0.25) is 0 Å². The topological polar surface area (TPSA) is 37.3 Å². The molecule has 0 saturated heterocycles. The Bertz CT molecular complexity index is 81.3. The first-order chi connectivity index (χ1) is 4.81. The van der Waals surface area contributed by atoms with Crippen LogP contribution >= 0.6 is 0 Å². The van der Waals surface area contributed by atoms with Crippen LogP contribution < -0.4 is 0 Å². The van der Waals surface area contributed by atoms with Crippen LogP contribution in [-0.2, 0) is 4.79 Å². The third kappa shape index (κ3) is 5.76. The summed E-state index contributed by atoms with van der Waals surface area (Å²) in [4.78, 5) is 10.5. The van der Waals surface area contributed by atoms with E-state index in [2.05, 4.69) is 0 Å². The van der Waals surface area contributed by atoms with Crippen molar-refractivity contribution in [3.63, 3.8) is 0 Å². The van der Waals surface area contributed by atoms with Gasteiger partial charge in [0.15, 0.2) is 0 Å². The minimum Gasteiger partial charge on any atom is -0.397 e. The Morgan fingerprint density at radius 3 is 1.90 bits per heavy atom. The summed E-state index contributed by atoms with van der Waals surface area (Å²) in [5.41, 5.74) is 0. The van der Waals surface area contributed by atoms with Gasteiger partial charge in [-0.05, 0) is 19.8 Å². The molecule has 10 heavy (non-hydrogen) atoms. The maximum atomic E-state index is 10.5. The fourth-order valence-electron chi connectivity index (χ4n) is 0.946. The molecule has 0 bridgehead atoms. The second kappa shape index (κ2) is 6.75. The van der Waals surface area contributed by atoms with Gasteiger partial charge in [0.1, 0.15) is 5.78 Å². The Morgan fingerprint density at radius 2 is 1.70 bits per heavy atom.